The first kappa shape index (κ1) is 27.8. The number of furan rings is 1. The van der Waals surface area contributed by atoms with E-state index in [1.54, 1.807) is 13.2 Å². The number of rotatable bonds is 7. The van der Waals surface area contributed by atoms with Gasteiger partial charge in [0.15, 0.2) is 0 Å². The van der Waals surface area contributed by atoms with Crippen molar-refractivity contribution in [3.8, 4) is 5.75 Å². The highest BCUT2D eigenvalue weighted by Crippen LogP contribution is 2.37. The van der Waals surface area contributed by atoms with Crippen molar-refractivity contribution >= 4 is 29.5 Å². The molecule has 0 spiro atoms. The Balaban J connectivity index is 0.00000176. The van der Waals surface area contributed by atoms with E-state index < -0.39 is 18.3 Å². The van der Waals surface area contributed by atoms with Gasteiger partial charge in [-0.05, 0) is 77.3 Å². The first-order valence-electron chi connectivity index (χ1n) is 12.7. The van der Waals surface area contributed by atoms with Crippen LogP contribution in [0.2, 0.25) is 0 Å². The fraction of sp³-hybridized carbons (Fsp3) is 0.483. The van der Waals surface area contributed by atoms with Crippen molar-refractivity contribution < 1.29 is 28.0 Å². The molecule has 2 aromatic carbocycles. The Hall–Kier alpha value is -2.77. The van der Waals surface area contributed by atoms with E-state index >= 15 is 0 Å². The second kappa shape index (κ2) is 11.1. The zero-order valence-electron chi connectivity index (χ0n) is 23.1. The summed E-state index contributed by atoms with van der Waals surface area (Å²) >= 11 is 0. The van der Waals surface area contributed by atoms with E-state index in [2.05, 4.69) is 6.07 Å². The molecular weight excluding hydrogens is 455 g/mol. The predicted octanol–water partition coefficient (Wildman–Crippen LogP) is 6.06. The summed E-state index contributed by atoms with van der Waals surface area (Å²) < 4.78 is 29.9. The summed E-state index contributed by atoms with van der Waals surface area (Å²) in [6, 6.07) is 9.93. The van der Waals surface area contributed by atoms with Gasteiger partial charge < -0.3 is 23.2 Å². The summed E-state index contributed by atoms with van der Waals surface area (Å²) in [6.45, 7) is 18.6. The van der Waals surface area contributed by atoms with Gasteiger partial charge in [0.05, 0.1) is 30.5 Å². The van der Waals surface area contributed by atoms with Gasteiger partial charge in [0, 0.05) is 16.4 Å². The summed E-state index contributed by atoms with van der Waals surface area (Å²) in [5, 5.41) is 1.00. The van der Waals surface area contributed by atoms with Crippen molar-refractivity contribution in [2.75, 3.05) is 6.61 Å². The smallest absolute Gasteiger partial charge is 0.489 e. The number of hydrogen-bond donors (Lipinski definition) is 0. The van der Waals surface area contributed by atoms with Crippen LogP contribution in [-0.4, -0.2) is 30.9 Å². The number of carbonyl (C=O) groups is 1. The number of carbonyl (C=O) groups excluding carboxylic acids is 1. The van der Waals surface area contributed by atoms with Crippen LogP contribution in [0.15, 0.2) is 41.0 Å². The molecule has 0 saturated carbocycles. The number of esters is 1. The number of ether oxygens (including phenoxy) is 2. The number of hydrogen-bond acceptors (Lipinski definition) is 6. The number of fused-ring (bicyclic) bond motifs is 1. The maximum Gasteiger partial charge on any atom is 0.498 e. The van der Waals surface area contributed by atoms with Crippen LogP contribution < -0.4 is 10.2 Å². The van der Waals surface area contributed by atoms with Crippen LogP contribution in [0.4, 0.5) is 0 Å². The molecule has 0 aliphatic carbocycles. The lowest BCUT2D eigenvalue weighted by atomic mass is 9.77. The van der Waals surface area contributed by atoms with Crippen LogP contribution in [0.1, 0.15) is 70.7 Å². The molecule has 194 valence electrons. The van der Waals surface area contributed by atoms with E-state index in [-0.39, 0.29) is 12.4 Å². The van der Waals surface area contributed by atoms with Crippen LogP contribution in [-0.2, 0) is 31.9 Å². The highest BCUT2D eigenvalue weighted by atomic mass is 16.7. The maximum absolute atomic E-state index is 12.1. The minimum Gasteiger partial charge on any atom is -0.489 e. The second-order valence-electron chi connectivity index (χ2n) is 9.95. The largest absolute Gasteiger partial charge is 0.498 e. The summed E-state index contributed by atoms with van der Waals surface area (Å²) in [7, 11) is -0.545. The zero-order chi connectivity index (χ0) is 26.7. The minimum absolute atomic E-state index is 0.169. The topological polar surface area (TPSA) is 67.1 Å². The Bertz CT molecular complexity index is 1190. The van der Waals surface area contributed by atoms with E-state index in [4.69, 9.17) is 23.2 Å². The minimum atomic E-state index is -0.545. The molecule has 3 aromatic rings. The summed E-state index contributed by atoms with van der Waals surface area (Å²) in [5.74, 6) is 0.406. The highest BCUT2D eigenvalue weighted by Gasteiger charge is 2.52. The number of benzene rings is 2. The third-order valence-electron chi connectivity index (χ3n) is 6.72. The zero-order valence-corrected chi connectivity index (χ0v) is 23.1. The molecule has 1 aromatic heterocycles. The average molecular weight is 494 g/mol. The van der Waals surface area contributed by atoms with Crippen LogP contribution in [0.25, 0.3) is 11.0 Å². The Morgan fingerprint density at radius 1 is 1.00 bits per heavy atom. The van der Waals surface area contributed by atoms with Crippen LogP contribution >= 0.6 is 0 Å². The predicted molar refractivity (Wildman–Crippen MR) is 144 cm³/mol. The molecule has 1 aliphatic heterocycles. The van der Waals surface area contributed by atoms with Gasteiger partial charge in [-0.25, -0.2) is 0 Å². The molecule has 36 heavy (non-hydrogen) atoms. The van der Waals surface area contributed by atoms with Crippen molar-refractivity contribution in [1.82, 2.24) is 0 Å². The number of aryl methyl sites for hydroxylation is 2. The lowest BCUT2D eigenvalue weighted by Crippen LogP contribution is -2.41. The van der Waals surface area contributed by atoms with Crippen molar-refractivity contribution in [1.29, 1.82) is 0 Å². The lowest BCUT2D eigenvalue weighted by molar-refractivity contribution is -0.142. The molecule has 0 amide bonds. The first-order valence-corrected chi connectivity index (χ1v) is 12.7. The molecule has 0 N–H and O–H groups in total. The molecule has 6 nitrogen and oxygen atoms in total. The van der Waals surface area contributed by atoms with Gasteiger partial charge in [0.2, 0.25) is 0 Å². The summed E-state index contributed by atoms with van der Waals surface area (Å²) in [4.78, 5) is 12.1. The van der Waals surface area contributed by atoms with Gasteiger partial charge in [-0.15, -0.1) is 0 Å². The molecule has 0 unspecified atom stereocenters. The molecule has 0 bridgehead atoms. The summed E-state index contributed by atoms with van der Waals surface area (Å²) in [6.07, 6.45) is 1.92. The molecule has 1 fully saturated rings. The van der Waals surface area contributed by atoms with E-state index in [1.165, 1.54) is 0 Å². The van der Waals surface area contributed by atoms with E-state index in [9.17, 15) is 4.79 Å². The standard InChI is InChI=1S/C27H33BO6.C2H6/c1-8-30-24(29)14-20-10-9-17(2)11-23(20)31-16-19-12-21-18(3)15-32-25(21)22(13-19)28-33-26(4,5)27(6,7)34-28;1-2/h9-13,15H,8,14,16H2,1-7H3;1-2H3. The van der Waals surface area contributed by atoms with E-state index in [0.29, 0.717) is 19.0 Å². The Morgan fingerprint density at radius 3 is 2.31 bits per heavy atom. The third kappa shape index (κ3) is 5.79. The molecule has 4 rings (SSSR count). The van der Waals surface area contributed by atoms with Crippen LogP contribution in [0, 0.1) is 13.8 Å². The van der Waals surface area contributed by atoms with Gasteiger partial charge in [-0.1, -0.05) is 32.0 Å². The Labute approximate surface area is 215 Å². The summed E-state index contributed by atoms with van der Waals surface area (Å²) in [5.41, 5.74) is 4.55. The Morgan fingerprint density at radius 2 is 1.67 bits per heavy atom. The quantitative estimate of drug-likeness (QED) is 0.294. The molecule has 0 radical (unpaired) electrons. The first-order chi connectivity index (χ1) is 17.0. The monoisotopic (exact) mass is 494 g/mol. The van der Waals surface area contributed by atoms with E-state index in [1.807, 2.05) is 79.7 Å². The van der Waals surface area contributed by atoms with Gasteiger partial charge in [0.1, 0.15) is 17.9 Å². The highest BCUT2D eigenvalue weighted by molar-refractivity contribution is 6.64. The molecule has 1 saturated heterocycles. The molecule has 7 heteroatoms. The van der Waals surface area contributed by atoms with Gasteiger partial charge in [-0.3, -0.25) is 4.79 Å². The average Bonchev–Trinajstić information content (AvgIpc) is 3.30. The van der Waals surface area contributed by atoms with Crippen LogP contribution in [0.3, 0.4) is 0 Å². The van der Waals surface area contributed by atoms with Crippen LogP contribution in [0.5, 0.6) is 5.75 Å². The third-order valence-corrected chi connectivity index (χ3v) is 6.72. The van der Waals surface area contributed by atoms with Crippen molar-refractivity contribution in [3.05, 3.63) is 58.8 Å². The fourth-order valence-corrected chi connectivity index (χ4v) is 4.05. The van der Waals surface area contributed by atoms with Crippen molar-refractivity contribution in [2.24, 2.45) is 0 Å². The maximum atomic E-state index is 12.1. The SMILES string of the molecule is CC.CCOC(=O)Cc1ccc(C)cc1OCc1cc(B2OC(C)(C)C(C)(C)O2)c2occ(C)c2c1. The molecule has 2 heterocycles. The normalized spacial score (nSPS) is 16.0. The fourth-order valence-electron chi connectivity index (χ4n) is 4.05. The van der Waals surface area contributed by atoms with Gasteiger partial charge in [0.25, 0.3) is 0 Å². The lowest BCUT2D eigenvalue weighted by Gasteiger charge is -2.32. The van der Waals surface area contributed by atoms with Crippen molar-refractivity contribution in [3.63, 3.8) is 0 Å². The Kier molecular flexibility index (Phi) is 8.57. The molecule has 1 aliphatic rings. The molecule has 0 atom stereocenters. The van der Waals surface area contributed by atoms with E-state index in [0.717, 1.165) is 38.7 Å². The second-order valence-corrected chi connectivity index (χ2v) is 9.95. The van der Waals surface area contributed by atoms with Crippen molar-refractivity contribution in [2.45, 2.75) is 86.5 Å². The van der Waals surface area contributed by atoms with Gasteiger partial charge >= 0.3 is 13.1 Å². The molecular formula is C29H39BO6. The van der Waals surface area contributed by atoms with Gasteiger partial charge in [-0.2, -0.15) is 0 Å².